The van der Waals surface area contributed by atoms with Gasteiger partial charge in [0.25, 0.3) is 0 Å². The van der Waals surface area contributed by atoms with Crippen molar-refractivity contribution in [3.8, 4) is 0 Å². The summed E-state index contributed by atoms with van der Waals surface area (Å²) in [5, 5.41) is 0. The smallest absolute Gasteiger partial charge is 0.301 e. The lowest BCUT2D eigenvalue weighted by Crippen LogP contribution is -2.30. The van der Waals surface area contributed by atoms with E-state index in [1.807, 2.05) is 22.3 Å². The number of hydrogen-bond donors (Lipinski definition) is 2. The molecule has 3 N–H and O–H groups in total. The van der Waals surface area contributed by atoms with Crippen LogP contribution in [-0.4, -0.2) is 15.5 Å². The van der Waals surface area contributed by atoms with Gasteiger partial charge in [0.15, 0.2) is 5.76 Å². The summed E-state index contributed by atoms with van der Waals surface area (Å²) in [5.74, 6) is 5.56. The van der Waals surface area contributed by atoms with Crippen LogP contribution in [0.2, 0.25) is 0 Å². The van der Waals surface area contributed by atoms with Crippen LogP contribution in [0.25, 0.3) is 0 Å². The molecule has 84 valence electrons. The predicted molar refractivity (Wildman–Crippen MR) is 56.4 cm³/mol. The highest BCUT2D eigenvalue weighted by Gasteiger charge is 2.14. The number of nitrogens with two attached hydrogens (primary N) is 1. The second kappa shape index (κ2) is 4.19. The molecule has 2 rings (SSSR count). The highest BCUT2D eigenvalue weighted by molar-refractivity contribution is 5.92. The molecule has 0 bridgehead atoms. The third-order valence-corrected chi connectivity index (χ3v) is 2.20. The van der Waals surface area contributed by atoms with Crippen molar-refractivity contribution >= 4 is 5.91 Å². The first-order chi connectivity index (χ1) is 7.70. The van der Waals surface area contributed by atoms with Gasteiger partial charge in [-0.05, 0) is 13.0 Å². The maximum absolute atomic E-state index is 11.3. The first kappa shape index (κ1) is 10.4. The Labute approximate surface area is 92.0 Å². The molecule has 6 heteroatoms. The van der Waals surface area contributed by atoms with Crippen LogP contribution in [0.15, 0.2) is 29.2 Å². The molecule has 0 fully saturated rings. The van der Waals surface area contributed by atoms with Gasteiger partial charge in [0.05, 0.1) is 12.9 Å². The lowest BCUT2D eigenvalue weighted by molar-refractivity contribution is 0.0923. The first-order valence-corrected chi connectivity index (χ1v) is 4.76. The molecule has 0 radical (unpaired) electrons. The Morgan fingerprint density at radius 3 is 3.12 bits per heavy atom. The van der Waals surface area contributed by atoms with E-state index in [1.54, 1.807) is 19.4 Å². The molecule has 16 heavy (non-hydrogen) atoms. The Morgan fingerprint density at radius 2 is 2.50 bits per heavy atom. The van der Waals surface area contributed by atoms with Crippen molar-refractivity contribution in [2.24, 2.45) is 5.84 Å². The summed E-state index contributed by atoms with van der Waals surface area (Å²) < 4.78 is 7.25. The van der Waals surface area contributed by atoms with Crippen LogP contribution in [0, 0.1) is 6.92 Å². The first-order valence-electron chi connectivity index (χ1n) is 4.76. The van der Waals surface area contributed by atoms with Crippen LogP contribution in [0.3, 0.4) is 0 Å². The summed E-state index contributed by atoms with van der Waals surface area (Å²) in [6, 6.07) is 1.81. The number of nitrogens with one attached hydrogen (secondary N) is 1. The number of rotatable bonds is 3. The molecule has 0 unspecified atom stereocenters. The summed E-state index contributed by atoms with van der Waals surface area (Å²) in [4.78, 5) is 15.2. The number of aryl methyl sites for hydroxylation is 1. The summed E-state index contributed by atoms with van der Waals surface area (Å²) in [6.07, 6.45) is 5.18. The maximum atomic E-state index is 11.3. The third-order valence-electron chi connectivity index (χ3n) is 2.20. The number of carbonyl (C=O) groups excluding carboxylic acids is 1. The number of nitrogens with zero attached hydrogens (tertiary/aromatic N) is 2. The molecule has 2 heterocycles. The molecule has 0 spiro atoms. The van der Waals surface area contributed by atoms with Crippen molar-refractivity contribution < 1.29 is 9.21 Å². The molecule has 0 saturated carbocycles. The van der Waals surface area contributed by atoms with Gasteiger partial charge >= 0.3 is 5.91 Å². The van der Waals surface area contributed by atoms with Crippen molar-refractivity contribution in [2.75, 3.05) is 0 Å². The highest BCUT2D eigenvalue weighted by atomic mass is 16.4. The van der Waals surface area contributed by atoms with Gasteiger partial charge in [-0.3, -0.25) is 10.2 Å². The molecule has 0 aliphatic heterocycles. The van der Waals surface area contributed by atoms with Crippen LogP contribution < -0.4 is 11.3 Å². The molecule has 0 saturated heterocycles. The molecule has 0 aliphatic rings. The van der Waals surface area contributed by atoms with Gasteiger partial charge in [-0.15, -0.1) is 0 Å². The van der Waals surface area contributed by atoms with E-state index < -0.39 is 5.91 Å². The number of hydrazine groups is 1. The molecular formula is C10H12N4O2. The number of amides is 1. The van der Waals surface area contributed by atoms with Gasteiger partial charge in [0.2, 0.25) is 0 Å². The molecule has 2 aromatic heterocycles. The van der Waals surface area contributed by atoms with Gasteiger partial charge < -0.3 is 8.98 Å². The summed E-state index contributed by atoms with van der Waals surface area (Å²) in [5.41, 5.74) is 2.80. The number of nitrogen functional groups attached to an aromatic ring is 1. The fourth-order valence-corrected chi connectivity index (χ4v) is 1.48. The van der Waals surface area contributed by atoms with Crippen molar-refractivity contribution in [1.82, 2.24) is 15.0 Å². The molecule has 1 amide bonds. The molecule has 0 aliphatic carbocycles. The van der Waals surface area contributed by atoms with Crippen molar-refractivity contribution in [3.05, 3.63) is 41.9 Å². The van der Waals surface area contributed by atoms with Crippen LogP contribution in [-0.2, 0) is 6.54 Å². The number of imidazole rings is 1. The van der Waals surface area contributed by atoms with Gasteiger partial charge in [0.1, 0.15) is 5.76 Å². The van der Waals surface area contributed by atoms with E-state index in [0.29, 0.717) is 12.3 Å². The molecule has 2 aromatic rings. The fraction of sp³-hybridized carbons (Fsp3) is 0.200. The number of carbonyl (C=O) groups is 1. The van der Waals surface area contributed by atoms with Crippen LogP contribution in [0.1, 0.15) is 21.9 Å². The van der Waals surface area contributed by atoms with Gasteiger partial charge in [-0.2, -0.15) is 0 Å². The topological polar surface area (TPSA) is 86.1 Å². The summed E-state index contributed by atoms with van der Waals surface area (Å²) >= 11 is 0. The van der Waals surface area contributed by atoms with Crippen molar-refractivity contribution in [2.45, 2.75) is 13.5 Å². The van der Waals surface area contributed by atoms with E-state index >= 15 is 0 Å². The van der Waals surface area contributed by atoms with Gasteiger partial charge in [-0.25, -0.2) is 10.8 Å². The third kappa shape index (κ3) is 1.96. The van der Waals surface area contributed by atoms with E-state index in [9.17, 15) is 4.79 Å². The second-order valence-corrected chi connectivity index (χ2v) is 3.43. The molecule has 6 nitrogen and oxygen atoms in total. The minimum Gasteiger partial charge on any atom is -0.454 e. The Morgan fingerprint density at radius 1 is 1.69 bits per heavy atom. The normalized spacial score (nSPS) is 10.4. The number of furan rings is 1. The Balaban J connectivity index is 2.21. The van der Waals surface area contributed by atoms with E-state index in [0.717, 1.165) is 5.56 Å². The Hall–Kier alpha value is -2.08. The standard InChI is InChI=1S/C10H12N4O2/c1-7-4-8(5-14-3-2-12-6-14)16-9(7)10(15)13-11/h2-4,6H,5,11H2,1H3,(H,13,15). The Bertz CT molecular complexity index is 487. The average Bonchev–Trinajstić information content (AvgIpc) is 2.88. The lowest BCUT2D eigenvalue weighted by atomic mass is 10.2. The molecular weight excluding hydrogens is 208 g/mol. The molecule has 0 atom stereocenters. The largest absolute Gasteiger partial charge is 0.454 e. The predicted octanol–water partition coefficient (Wildman–Crippen LogP) is 0.436. The van der Waals surface area contributed by atoms with Crippen LogP contribution >= 0.6 is 0 Å². The zero-order chi connectivity index (χ0) is 11.5. The lowest BCUT2D eigenvalue weighted by Gasteiger charge is -1.98. The molecule has 0 aromatic carbocycles. The van der Waals surface area contributed by atoms with Gasteiger partial charge in [-0.1, -0.05) is 0 Å². The number of aromatic nitrogens is 2. The zero-order valence-electron chi connectivity index (χ0n) is 8.80. The zero-order valence-corrected chi connectivity index (χ0v) is 8.80. The van der Waals surface area contributed by atoms with Crippen LogP contribution in [0.5, 0.6) is 0 Å². The van der Waals surface area contributed by atoms with Crippen molar-refractivity contribution in [3.63, 3.8) is 0 Å². The van der Waals surface area contributed by atoms with E-state index in [4.69, 9.17) is 10.3 Å². The van der Waals surface area contributed by atoms with E-state index in [-0.39, 0.29) is 5.76 Å². The monoisotopic (exact) mass is 220 g/mol. The number of hydrogen-bond acceptors (Lipinski definition) is 4. The minimum absolute atomic E-state index is 0.248. The quantitative estimate of drug-likeness (QED) is 0.446. The second-order valence-electron chi connectivity index (χ2n) is 3.43. The van der Waals surface area contributed by atoms with E-state index in [1.165, 1.54) is 0 Å². The SMILES string of the molecule is Cc1cc(Cn2ccnc2)oc1C(=O)NN. The fourth-order valence-electron chi connectivity index (χ4n) is 1.48. The Kier molecular flexibility index (Phi) is 2.74. The van der Waals surface area contributed by atoms with Crippen molar-refractivity contribution in [1.29, 1.82) is 0 Å². The highest BCUT2D eigenvalue weighted by Crippen LogP contribution is 2.15. The van der Waals surface area contributed by atoms with E-state index in [2.05, 4.69) is 4.98 Å². The minimum atomic E-state index is -0.422. The van der Waals surface area contributed by atoms with Crippen LogP contribution in [0.4, 0.5) is 0 Å². The summed E-state index contributed by atoms with van der Waals surface area (Å²) in [7, 11) is 0. The van der Waals surface area contributed by atoms with Gasteiger partial charge in [0, 0.05) is 18.0 Å². The summed E-state index contributed by atoms with van der Waals surface area (Å²) in [6.45, 7) is 2.34. The average molecular weight is 220 g/mol. The maximum Gasteiger partial charge on any atom is 0.301 e.